The van der Waals surface area contributed by atoms with E-state index in [1.54, 1.807) is 4.31 Å². The van der Waals surface area contributed by atoms with Gasteiger partial charge in [0, 0.05) is 18.5 Å². The van der Waals surface area contributed by atoms with Crippen LogP contribution in [0.1, 0.15) is 27.2 Å². The summed E-state index contributed by atoms with van der Waals surface area (Å²) in [5.41, 5.74) is 0.239. The standard InChI is InChI=1S/C9H19NO2S/c1-5-9(8(2)3)6-10(7-9)13(4,11)12/h8H,5-7H2,1-4H3. The van der Waals surface area contributed by atoms with Crippen LogP contribution in [0.25, 0.3) is 0 Å². The molecular formula is C9H19NO2S. The quantitative estimate of drug-likeness (QED) is 0.696. The zero-order valence-corrected chi connectivity index (χ0v) is 9.69. The molecule has 1 aliphatic rings. The molecule has 0 saturated carbocycles. The zero-order chi connectivity index (χ0) is 10.3. The molecule has 1 fully saturated rings. The first-order valence-corrected chi connectivity index (χ1v) is 6.62. The number of rotatable bonds is 3. The van der Waals surface area contributed by atoms with Crippen LogP contribution in [-0.2, 0) is 10.0 Å². The molecule has 0 unspecified atom stereocenters. The first-order chi connectivity index (χ1) is 5.82. The molecule has 0 aromatic heterocycles. The second-order valence-corrected chi connectivity index (χ2v) is 6.38. The molecule has 0 atom stereocenters. The predicted octanol–water partition coefficient (Wildman–Crippen LogP) is 1.31. The number of hydrogen-bond acceptors (Lipinski definition) is 2. The molecule has 13 heavy (non-hydrogen) atoms. The van der Waals surface area contributed by atoms with Gasteiger partial charge in [0.15, 0.2) is 0 Å². The third-order valence-corrected chi connectivity index (χ3v) is 4.58. The van der Waals surface area contributed by atoms with E-state index in [2.05, 4.69) is 20.8 Å². The van der Waals surface area contributed by atoms with E-state index in [9.17, 15) is 8.42 Å². The van der Waals surface area contributed by atoms with E-state index in [1.165, 1.54) is 6.26 Å². The van der Waals surface area contributed by atoms with Gasteiger partial charge in [-0.2, -0.15) is 0 Å². The van der Waals surface area contributed by atoms with Crippen molar-refractivity contribution in [2.24, 2.45) is 11.3 Å². The molecule has 0 radical (unpaired) electrons. The highest BCUT2D eigenvalue weighted by atomic mass is 32.2. The minimum absolute atomic E-state index is 0.239. The van der Waals surface area contributed by atoms with Crippen LogP contribution < -0.4 is 0 Å². The van der Waals surface area contributed by atoms with E-state index in [-0.39, 0.29) is 5.41 Å². The van der Waals surface area contributed by atoms with Crippen molar-refractivity contribution in [3.63, 3.8) is 0 Å². The fourth-order valence-corrected chi connectivity index (χ4v) is 2.87. The van der Waals surface area contributed by atoms with Gasteiger partial charge in [0.05, 0.1) is 6.26 Å². The Hall–Kier alpha value is -0.0900. The summed E-state index contributed by atoms with van der Waals surface area (Å²) in [6, 6.07) is 0. The summed E-state index contributed by atoms with van der Waals surface area (Å²) in [6.45, 7) is 7.89. The Bertz CT molecular complexity index is 276. The Balaban J connectivity index is 2.65. The highest BCUT2D eigenvalue weighted by Crippen LogP contribution is 2.41. The van der Waals surface area contributed by atoms with Crippen LogP contribution >= 0.6 is 0 Å². The molecule has 1 heterocycles. The molecule has 0 spiro atoms. The van der Waals surface area contributed by atoms with E-state index in [4.69, 9.17) is 0 Å². The lowest BCUT2D eigenvalue weighted by Crippen LogP contribution is -2.60. The van der Waals surface area contributed by atoms with Crippen molar-refractivity contribution in [1.82, 2.24) is 4.31 Å². The van der Waals surface area contributed by atoms with Gasteiger partial charge in [-0.3, -0.25) is 0 Å². The molecule has 1 saturated heterocycles. The van der Waals surface area contributed by atoms with Crippen LogP contribution in [0, 0.1) is 11.3 Å². The van der Waals surface area contributed by atoms with E-state index in [0.29, 0.717) is 19.0 Å². The van der Waals surface area contributed by atoms with Crippen molar-refractivity contribution < 1.29 is 8.42 Å². The van der Waals surface area contributed by atoms with E-state index < -0.39 is 10.0 Å². The van der Waals surface area contributed by atoms with E-state index >= 15 is 0 Å². The Morgan fingerprint density at radius 2 is 1.85 bits per heavy atom. The van der Waals surface area contributed by atoms with Crippen LogP contribution in [-0.4, -0.2) is 32.1 Å². The van der Waals surface area contributed by atoms with Crippen molar-refractivity contribution in [3.8, 4) is 0 Å². The first kappa shape index (κ1) is 11.0. The topological polar surface area (TPSA) is 37.4 Å². The van der Waals surface area contributed by atoms with Crippen LogP contribution in [0.4, 0.5) is 0 Å². The van der Waals surface area contributed by atoms with Gasteiger partial charge in [-0.1, -0.05) is 20.8 Å². The molecule has 0 aliphatic carbocycles. The molecule has 1 rings (SSSR count). The number of nitrogens with zero attached hydrogens (tertiary/aromatic N) is 1. The Kier molecular flexibility index (Phi) is 2.74. The van der Waals surface area contributed by atoms with Gasteiger partial charge in [-0.15, -0.1) is 0 Å². The lowest BCUT2D eigenvalue weighted by molar-refractivity contribution is 0.0185. The Morgan fingerprint density at radius 3 is 2.08 bits per heavy atom. The van der Waals surface area contributed by atoms with Crippen molar-refractivity contribution >= 4 is 10.0 Å². The average molecular weight is 205 g/mol. The molecule has 4 heteroatoms. The summed E-state index contributed by atoms with van der Waals surface area (Å²) >= 11 is 0. The molecule has 0 amide bonds. The molecule has 1 aliphatic heterocycles. The lowest BCUT2D eigenvalue weighted by Gasteiger charge is -2.51. The minimum Gasteiger partial charge on any atom is -0.213 e. The zero-order valence-electron chi connectivity index (χ0n) is 8.87. The Labute approximate surface area is 81.2 Å². The fourth-order valence-electron chi connectivity index (χ4n) is 1.89. The highest BCUT2D eigenvalue weighted by molar-refractivity contribution is 7.88. The van der Waals surface area contributed by atoms with Gasteiger partial charge < -0.3 is 0 Å². The maximum atomic E-state index is 11.2. The van der Waals surface area contributed by atoms with Crippen LogP contribution in [0.2, 0.25) is 0 Å². The van der Waals surface area contributed by atoms with Gasteiger partial charge in [0.25, 0.3) is 0 Å². The van der Waals surface area contributed by atoms with Gasteiger partial charge in [0.1, 0.15) is 0 Å². The maximum Gasteiger partial charge on any atom is 0.211 e. The van der Waals surface area contributed by atoms with Crippen molar-refractivity contribution in [2.75, 3.05) is 19.3 Å². The van der Waals surface area contributed by atoms with Crippen LogP contribution in [0.5, 0.6) is 0 Å². The molecule has 0 aromatic rings. The average Bonchev–Trinajstić information content (AvgIpc) is 1.81. The lowest BCUT2D eigenvalue weighted by atomic mass is 9.70. The van der Waals surface area contributed by atoms with Crippen LogP contribution in [0.15, 0.2) is 0 Å². The second kappa shape index (κ2) is 3.24. The van der Waals surface area contributed by atoms with Gasteiger partial charge >= 0.3 is 0 Å². The molecule has 78 valence electrons. The summed E-state index contributed by atoms with van der Waals surface area (Å²) in [4.78, 5) is 0. The predicted molar refractivity (Wildman–Crippen MR) is 54.0 cm³/mol. The fraction of sp³-hybridized carbons (Fsp3) is 1.00. The largest absolute Gasteiger partial charge is 0.213 e. The monoisotopic (exact) mass is 205 g/mol. The smallest absolute Gasteiger partial charge is 0.211 e. The number of sulfonamides is 1. The molecule has 0 N–H and O–H groups in total. The van der Waals surface area contributed by atoms with Crippen molar-refractivity contribution in [2.45, 2.75) is 27.2 Å². The SMILES string of the molecule is CCC1(C(C)C)CN(S(C)(=O)=O)C1. The summed E-state index contributed by atoms with van der Waals surface area (Å²) in [5.74, 6) is 0.565. The normalized spacial score (nSPS) is 23.2. The van der Waals surface area contributed by atoms with Crippen molar-refractivity contribution in [3.05, 3.63) is 0 Å². The molecule has 3 nitrogen and oxygen atoms in total. The summed E-state index contributed by atoms with van der Waals surface area (Å²) in [7, 11) is -2.95. The van der Waals surface area contributed by atoms with Gasteiger partial charge in [0.2, 0.25) is 10.0 Å². The molecule has 0 bridgehead atoms. The summed E-state index contributed by atoms with van der Waals surface area (Å²) < 4.78 is 23.9. The van der Waals surface area contributed by atoms with Gasteiger partial charge in [-0.05, 0) is 12.3 Å². The number of hydrogen-bond donors (Lipinski definition) is 0. The molecule has 0 aromatic carbocycles. The Morgan fingerprint density at radius 1 is 1.38 bits per heavy atom. The first-order valence-electron chi connectivity index (χ1n) is 4.77. The van der Waals surface area contributed by atoms with Gasteiger partial charge in [-0.25, -0.2) is 12.7 Å². The van der Waals surface area contributed by atoms with Crippen molar-refractivity contribution in [1.29, 1.82) is 0 Å². The molecular weight excluding hydrogens is 186 g/mol. The maximum absolute atomic E-state index is 11.2. The third-order valence-electron chi connectivity index (χ3n) is 3.38. The summed E-state index contributed by atoms with van der Waals surface area (Å²) in [5, 5.41) is 0. The third kappa shape index (κ3) is 1.89. The van der Waals surface area contributed by atoms with E-state index in [0.717, 1.165) is 6.42 Å². The van der Waals surface area contributed by atoms with Crippen LogP contribution in [0.3, 0.4) is 0 Å². The summed E-state index contributed by atoms with van der Waals surface area (Å²) in [6.07, 6.45) is 2.35. The van der Waals surface area contributed by atoms with E-state index in [1.807, 2.05) is 0 Å². The second-order valence-electron chi connectivity index (χ2n) is 4.40. The minimum atomic E-state index is -2.95. The highest BCUT2D eigenvalue weighted by Gasteiger charge is 2.47.